The van der Waals surface area contributed by atoms with Gasteiger partial charge in [-0.15, -0.1) is 0 Å². The Kier molecular flexibility index (Phi) is 4.12. The molecule has 0 aromatic heterocycles. The summed E-state index contributed by atoms with van der Waals surface area (Å²) in [7, 11) is 0. The molecule has 0 unspecified atom stereocenters. The van der Waals surface area contributed by atoms with E-state index in [1.165, 1.54) is 38.5 Å². The molecular formula is C10H20N2. The van der Waals surface area contributed by atoms with Crippen molar-refractivity contribution in [1.29, 1.82) is 0 Å². The maximum absolute atomic E-state index is 5.88. The first-order valence-electron chi connectivity index (χ1n) is 5.14. The topological polar surface area (TPSA) is 38.4 Å². The summed E-state index contributed by atoms with van der Waals surface area (Å²) < 4.78 is 0. The molecule has 0 heterocycles. The Hall–Kier alpha value is -0.530. The maximum Gasteiger partial charge on any atom is 0.0968 e. The Morgan fingerprint density at radius 3 is 2.33 bits per heavy atom. The van der Waals surface area contributed by atoms with Crippen molar-refractivity contribution >= 4 is 5.84 Å². The molecule has 0 atom stereocenters. The van der Waals surface area contributed by atoms with Gasteiger partial charge in [0.25, 0.3) is 0 Å². The second-order valence-corrected chi connectivity index (χ2v) is 3.59. The molecule has 0 amide bonds. The van der Waals surface area contributed by atoms with E-state index in [0.717, 1.165) is 12.4 Å². The number of aliphatic imine (C=N–C) groups is 1. The fourth-order valence-corrected chi connectivity index (χ4v) is 1.89. The van der Waals surface area contributed by atoms with Crippen molar-refractivity contribution in [3.05, 3.63) is 0 Å². The average molecular weight is 168 g/mol. The largest absolute Gasteiger partial charge is 0.387 e. The van der Waals surface area contributed by atoms with E-state index in [1.807, 2.05) is 6.92 Å². The molecule has 2 heteroatoms. The molecule has 0 bridgehead atoms. The van der Waals surface area contributed by atoms with Crippen LogP contribution in [0.3, 0.4) is 0 Å². The molecule has 0 aliphatic heterocycles. The number of nitrogens with zero attached hydrogens (tertiary/aromatic N) is 1. The van der Waals surface area contributed by atoms with Crippen molar-refractivity contribution < 1.29 is 0 Å². The lowest BCUT2D eigenvalue weighted by atomic mass is 9.99. The number of rotatable bonds is 2. The first-order chi connectivity index (χ1) is 5.84. The summed E-state index contributed by atoms with van der Waals surface area (Å²) in [5.41, 5.74) is 5.88. The van der Waals surface area contributed by atoms with E-state index in [1.54, 1.807) is 0 Å². The molecule has 70 valence electrons. The normalized spacial score (nSPS) is 22.2. The Bertz CT molecular complexity index is 144. The zero-order chi connectivity index (χ0) is 8.81. The van der Waals surface area contributed by atoms with Crippen molar-refractivity contribution in [3.63, 3.8) is 0 Å². The number of amidine groups is 1. The van der Waals surface area contributed by atoms with Gasteiger partial charge in [0.2, 0.25) is 0 Å². The van der Waals surface area contributed by atoms with Crippen molar-refractivity contribution in [2.45, 2.75) is 45.4 Å². The van der Waals surface area contributed by atoms with Gasteiger partial charge in [-0.3, -0.25) is 4.99 Å². The number of hydrogen-bond acceptors (Lipinski definition) is 1. The molecular weight excluding hydrogens is 148 g/mol. The molecule has 2 N–H and O–H groups in total. The standard InChI is InChI=1S/C10H20N2/c1-2-12-10(11)9-7-5-3-4-6-8-9/h9H,2-8H2,1H3,(H2,11,12). The van der Waals surface area contributed by atoms with Crippen molar-refractivity contribution in [2.24, 2.45) is 16.6 Å². The molecule has 2 nitrogen and oxygen atoms in total. The van der Waals surface area contributed by atoms with Crippen LogP contribution in [0.25, 0.3) is 0 Å². The van der Waals surface area contributed by atoms with Crippen LogP contribution in [-0.4, -0.2) is 12.4 Å². The van der Waals surface area contributed by atoms with E-state index in [2.05, 4.69) is 4.99 Å². The third-order valence-electron chi connectivity index (χ3n) is 2.61. The van der Waals surface area contributed by atoms with E-state index < -0.39 is 0 Å². The van der Waals surface area contributed by atoms with Crippen LogP contribution in [0.5, 0.6) is 0 Å². The van der Waals surface area contributed by atoms with Crippen LogP contribution < -0.4 is 5.73 Å². The lowest BCUT2D eigenvalue weighted by Crippen LogP contribution is -2.23. The van der Waals surface area contributed by atoms with Crippen LogP contribution in [0, 0.1) is 5.92 Å². The fourth-order valence-electron chi connectivity index (χ4n) is 1.89. The maximum atomic E-state index is 5.88. The minimum atomic E-state index is 0.590. The van der Waals surface area contributed by atoms with E-state index in [9.17, 15) is 0 Å². The van der Waals surface area contributed by atoms with Crippen molar-refractivity contribution in [2.75, 3.05) is 6.54 Å². The van der Waals surface area contributed by atoms with E-state index in [-0.39, 0.29) is 0 Å². The van der Waals surface area contributed by atoms with Crippen molar-refractivity contribution in [1.82, 2.24) is 0 Å². The summed E-state index contributed by atoms with van der Waals surface area (Å²) in [6, 6.07) is 0. The van der Waals surface area contributed by atoms with Crippen molar-refractivity contribution in [3.8, 4) is 0 Å². The zero-order valence-electron chi connectivity index (χ0n) is 8.05. The van der Waals surface area contributed by atoms with Crippen LogP contribution in [-0.2, 0) is 0 Å². The number of hydrogen-bond donors (Lipinski definition) is 1. The van der Waals surface area contributed by atoms with Gasteiger partial charge in [0, 0.05) is 12.5 Å². The third-order valence-corrected chi connectivity index (χ3v) is 2.61. The monoisotopic (exact) mass is 168 g/mol. The highest BCUT2D eigenvalue weighted by molar-refractivity contribution is 5.82. The van der Waals surface area contributed by atoms with Gasteiger partial charge in [0.15, 0.2) is 0 Å². The molecule has 0 aromatic carbocycles. The van der Waals surface area contributed by atoms with Gasteiger partial charge in [0.1, 0.15) is 0 Å². The summed E-state index contributed by atoms with van der Waals surface area (Å²) in [6.45, 7) is 2.88. The van der Waals surface area contributed by atoms with Gasteiger partial charge in [-0.1, -0.05) is 25.7 Å². The van der Waals surface area contributed by atoms with Crippen LogP contribution in [0.2, 0.25) is 0 Å². The molecule has 0 saturated heterocycles. The van der Waals surface area contributed by atoms with E-state index >= 15 is 0 Å². The summed E-state index contributed by atoms with van der Waals surface area (Å²) in [5, 5.41) is 0. The predicted molar refractivity (Wildman–Crippen MR) is 53.4 cm³/mol. The van der Waals surface area contributed by atoms with Gasteiger partial charge < -0.3 is 5.73 Å². The molecule has 1 rings (SSSR count). The SMILES string of the molecule is CCN=C(N)C1CCCCCC1. The second-order valence-electron chi connectivity index (χ2n) is 3.59. The second kappa shape index (κ2) is 5.18. The van der Waals surface area contributed by atoms with Crippen LogP contribution in [0.4, 0.5) is 0 Å². The molecule has 1 fully saturated rings. The summed E-state index contributed by atoms with van der Waals surface area (Å²) in [5.74, 6) is 1.49. The lowest BCUT2D eigenvalue weighted by molar-refractivity contribution is 0.585. The molecule has 12 heavy (non-hydrogen) atoms. The molecule has 1 aliphatic rings. The van der Waals surface area contributed by atoms with E-state index in [4.69, 9.17) is 5.73 Å². The first kappa shape index (κ1) is 9.56. The smallest absolute Gasteiger partial charge is 0.0968 e. The van der Waals surface area contributed by atoms with Gasteiger partial charge in [-0.2, -0.15) is 0 Å². The predicted octanol–water partition coefficient (Wildman–Crippen LogP) is 2.33. The Morgan fingerprint density at radius 1 is 1.25 bits per heavy atom. The minimum absolute atomic E-state index is 0.590. The summed E-state index contributed by atoms with van der Waals surface area (Å²) in [4.78, 5) is 4.28. The Morgan fingerprint density at radius 2 is 1.83 bits per heavy atom. The highest BCUT2D eigenvalue weighted by Gasteiger charge is 2.14. The molecule has 0 spiro atoms. The Balaban J connectivity index is 2.42. The molecule has 0 radical (unpaired) electrons. The zero-order valence-corrected chi connectivity index (χ0v) is 8.05. The number of nitrogens with two attached hydrogens (primary N) is 1. The summed E-state index contributed by atoms with van der Waals surface area (Å²) in [6.07, 6.45) is 7.96. The van der Waals surface area contributed by atoms with Gasteiger partial charge in [-0.25, -0.2) is 0 Å². The Labute approximate surface area is 75.3 Å². The quantitative estimate of drug-likeness (QED) is 0.383. The first-order valence-corrected chi connectivity index (χ1v) is 5.14. The third kappa shape index (κ3) is 2.84. The molecule has 0 aromatic rings. The lowest BCUT2D eigenvalue weighted by Gasteiger charge is -2.12. The van der Waals surface area contributed by atoms with Crippen LogP contribution >= 0.6 is 0 Å². The highest BCUT2D eigenvalue weighted by atomic mass is 14.8. The highest BCUT2D eigenvalue weighted by Crippen LogP contribution is 2.22. The average Bonchev–Trinajstić information content (AvgIpc) is 2.32. The minimum Gasteiger partial charge on any atom is -0.387 e. The van der Waals surface area contributed by atoms with Crippen LogP contribution in [0.1, 0.15) is 45.4 Å². The molecule has 1 saturated carbocycles. The summed E-state index contributed by atoms with van der Waals surface area (Å²) >= 11 is 0. The van der Waals surface area contributed by atoms with Gasteiger partial charge in [0.05, 0.1) is 5.84 Å². The van der Waals surface area contributed by atoms with Gasteiger partial charge >= 0.3 is 0 Å². The van der Waals surface area contributed by atoms with Crippen LogP contribution in [0.15, 0.2) is 4.99 Å². The van der Waals surface area contributed by atoms with Gasteiger partial charge in [-0.05, 0) is 19.8 Å². The molecule has 1 aliphatic carbocycles. The fraction of sp³-hybridized carbons (Fsp3) is 0.900. The van der Waals surface area contributed by atoms with E-state index in [0.29, 0.717) is 5.92 Å².